The molecule has 2 rings (SSSR count). The molecule has 0 aliphatic carbocycles. The predicted molar refractivity (Wildman–Crippen MR) is 67.5 cm³/mol. The van der Waals surface area contributed by atoms with Crippen LogP contribution in [-0.4, -0.2) is 44.1 Å². The van der Waals surface area contributed by atoms with E-state index in [0.717, 1.165) is 37.6 Å². The van der Waals surface area contributed by atoms with Crippen LogP contribution in [0, 0.1) is 0 Å². The van der Waals surface area contributed by atoms with Gasteiger partial charge in [0.15, 0.2) is 0 Å². The first-order valence-electron chi connectivity index (χ1n) is 5.85. The van der Waals surface area contributed by atoms with E-state index in [1.807, 2.05) is 23.1 Å². The van der Waals surface area contributed by atoms with E-state index in [-0.39, 0.29) is 5.91 Å². The Kier molecular flexibility index (Phi) is 3.52. The van der Waals surface area contributed by atoms with Crippen LogP contribution in [0.15, 0.2) is 24.3 Å². The summed E-state index contributed by atoms with van der Waals surface area (Å²) in [4.78, 5) is 15.4. The Morgan fingerprint density at radius 1 is 1.24 bits per heavy atom. The number of hydrogen-bond donors (Lipinski definition) is 0. The third-order valence-corrected chi connectivity index (χ3v) is 3.14. The van der Waals surface area contributed by atoms with Crippen LogP contribution < -0.4 is 9.64 Å². The standard InChI is InChI=1S/C13H18N2O2/c1-11(16)14-6-8-15(9-7-14)12-4-3-5-13(10-12)17-2/h3-5,10H,6-9H2,1-2H3. The van der Waals surface area contributed by atoms with Crippen LogP contribution in [0.4, 0.5) is 5.69 Å². The summed E-state index contributed by atoms with van der Waals surface area (Å²) in [7, 11) is 1.67. The Morgan fingerprint density at radius 3 is 2.53 bits per heavy atom. The molecule has 1 aliphatic rings. The van der Waals surface area contributed by atoms with E-state index in [2.05, 4.69) is 11.0 Å². The molecular formula is C13H18N2O2. The average molecular weight is 234 g/mol. The van der Waals surface area contributed by atoms with Gasteiger partial charge < -0.3 is 14.5 Å². The van der Waals surface area contributed by atoms with Crippen molar-refractivity contribution in [1.29, 1.82) is 0 Å². The molecule has 1 heterocycles. The van der Waals surface area contributed by atoms with Crippen molar-refractivity contribution < 1.29 is 9.53 Å². The number of piperazine rings is 1. The summed E-state index contributed by atoms with van der Waals surface area (Å²) in [6.07, 6.45) is 0. The first-order chi connectivity index (χ1) is 8.20. The lowest BCUT2D eigenvalue weighted by Crippen LogP contribution is -2.48. The van der Waals surface area contributed by atoms with Crippen molar-refractivity contribution in [2.75, 3.05) is 38.2 Å². The van der Waals surface area contributed by atoms with Crippen LogP contribution in [0.2, 0.25) is 0 Å². The van der Waals surface area contributed by atoms with Gasteiger partial charge >= 0.3 is 0 Å². The summed E-state index contributed by atoms with van der Waals surface area (Å²) < 4.78 is 5.21. The van der Waals surface area contributed by atoms with Gasteiger partial charge in [-0.15, -0.1) is 0 Å². The molecule has 4 heteroatoms. The molecular weight excluding hydrogens is 216 g/mol. The second kappa shape index (κ2) is 5.08. The molecule has 1 aliphatic heterocycles. The van der Waals surface area contributed by atoms with E-state index < -0.39 is 0 Å². The van der Waals surface area contributed by atoms with E-state index >= 15 is 0 Å². The predicted octanol–water partition coefficient (Wildman–Crippen LogP) is 1.36. The number of hydrogen-bond acceptors (Lipinski definition) is 3. The molecule has 1 aromatic rings. The number of nitrogens with zero attached hydrogens (tertiary/aromatic N) is 2. The third-order valence-electron chi connectivity index (χ3n) is 3.14. The summed E-state index contributed by atoms with van der Waals surface area (Å²) in [5.74, 6) is 1.03. The van der Waals surface area contributed by atoms with Crippen LogP contribution in [0.25, 0.3) is 0 Å². The molecule has 0 bridgehead atoms. The molecule has 1 fully saturated rings. The van der Waals surface area contributed by atoms with Crippen molar-refractivity contribution in [2.24, 2.45) is 0 Å². The number of rotatable bonds is 2. The third kappa shape index (κ3) is 2.70. The summed E-state index contributed by atoms with van der Waals surface area (Å²) >= 11 is 0. The number of amides is 1. The second-order valence-corrected chi connectivity index (χ2v) is 4.19. The summed E-state index contributed by atoms with van der Waals surface area (Å²) in [5.41, 5.74) is 1.16. The van der Waals surface area contributed by atoms with Gasteiger partial charge in [0, 0.05) is 44.9 Å². The second-order valence-electron chi connectivity index (χ2n) is 4.19. The van der Waals surface area contributed by atoms with E-state index in [4.69, 9.17) is 4.74 Å². The maximum Gasteiger partial charge on any atom is 0.219 e. The van der Waals surface area contributed by atoms with Crippen molar-refractivity contribution in [3.05, 3.63) is 24.3 Å². The number of methoxy groups -OCH3 is 1. The lowest BCUT2D eigenvalue weighted by atomic mass is 10.2. The Hall–Kier alpha value is -1.71. The maximum absolute atomic E-state index is 11.2. The highest BCUT2D eigenvalue weighted by Gasteiger charge is 2.18. The lowest BCUT2D eigenvalue weighted by Gasteiger charge is -2.35. The zero-order valence-electron chi connectivity index (χ0n) is 10.3. The number of benzene rings is 1. The fraction of sp³-hybridized carbons (Fsp3) is 0.462. The molecule has 1 amide bonds. The van der Waals surface area contributed by atoms with Gasteiger partial charge in [0.2, 0.25) is 5.91 Å². The minimum Gasteiger partial charge on any atom is -0.497 e. The van der Waals surface area contributed by atoms with E-state index in [1.165, 1.54) is 0 Å². The highest BCUT2D eigenvalue weighted by atomic mass is 16.5. The smallest absolute Gasteiger partial charge is 0.219 e. The normalized spacial score (nSPS) is 15.9. The largest absolute Gasteiger partial charge is 0.497 e. The van der Waals surface area contributed by atoms with Crippen molar-refractivity contribution in [3.63, 3.8) is 0 Å². The van der Waals surface area contributed by atoms with E-state index in [1.54, 1.807) is 14.0 Å². The van der Waals surface area contributed by atoms with Gasteiger partial charge in [-0.3, -0.25) is 4.79 Å². The first-order valence-corrected chi connectivity index (χ1v) is 5.85. The maximum atomic E-state index is 11.2. The van der Waals surface area contributed by atoms with Crippen LogP contribution in [0.3, 0.4) is 0 Å². The van der Waals surface area contributed by atoms with Gasteiger partial charge in [0.1, 0.15) is 5.75 Å². The monoisotopic (exact) mass is 234 g/mol. The Balaban J connectivity index is 2.02. The SMILES string of the molecule is COc1cccc(N2CCN(C(C)=O)CC2)c1. The van der Waals surface area contributed by atoms with Gasteiger partial charge in [-0.1, -0.05) is 6.07 Å². The van der Waals surface area contributed by atoms with Crippen LogP contribution in [0.1, 0.15) is 6.92 Å². The molecule has 0 unspecified atom stereocenters. The van der Waals surface area contributed by atoms with Gasteiger partial charge in [0.05, 0.1) is 7.11 Å². The van der Waals surface area contributed by atoms with Crippen molar-refractivity contribution in [1.82, 2.24) is 4.90 Å². The number of carbonyl (C=O) groups is 1. The minimum atomic E-state index is 0.162. The number of anilines is 1. The molecule has 0 aromatic heterocycles. The van der Waals surface area contributed by atoms with E-state index in [9.17, 15) is 4.79 Å². The number of ether oxygens (including phenoxy) is 1. The highest BCUT2D eigenvalue weighted by molar-refractivity contribution is 5.73. The Labute approximate surface area is 102 Å². The van der Waals surface area contributed by atoms with Crippen molar-refractivity contribution in [2.45, 2.75) is 6.92 Å². The molecule has 4 nitrogen and oxygen atoms in total. The molecule has 0 atom stereocenters. The van der Waals surface area contributed by atoms with Gasteiger partial charge in [0.25, 0.3) is 0 Å². The summed E-state index contributed by atoms with van der Waals surface area (Å²) in [6, 6.07) is 8.04. The van der Waals surface area contributed by atoms with Crippen molar-refractivity contribution >= 4 is 11.6 Å². The van der Waals surface area contributed by atoms with E-state index in [0.29, 0.717) is 0 Å². The van der Waals surface area contributed by atoms with Gasteiger partial charge in [-0.05, 0) is 12.1 Å². The topological polar surface area (TPSA) is 32.8 Å². The average Bonchev–Trinajstić information content (AvgIpc) is 2.39. The van der Waals surface area contributed by atoms with Gasteiger partial charge in [-0.25, -0.2) is 0 Å². The van der Waals surface area contributed by atoms with Gasteiger partial charge in [-0.2, -0.15) is 0 Å². The summed E-state index contributed by atoms with van der Waals surface area (Å²) in [5, 5.41) is 0. The molecule has 0 radical (unpaired) electrons. The van der Waals surface area contributed by atoms with Crippen LogP contribution in [0.5, 0.6) is 5.75 Å². The van der Waals surface area contributed by atoms with Crippen LogP contribution in [-0.2, 0) is 4.79 Å². The fourth-order valence-corrected chi connectivity index (χ4v) is 2.09. The molecule has 17 heavy (non-hydrogen) atoms. The lowest BCUT2D eigenvalue weighted by molar-refractivity contribution is -0.129. The number of carbonyl (C=O) groups excluding carboxylic acids is 1. The van der Waals surface area contributed by atoms with Crippen LogP contribution >= 0.6 is 0 Å². The quantitative estimate of drug-likeness (QED) is 0.774. The molecule has 0 saturated carbocycles. The first kappa shape index (κ1) is 11.8. The summed E-state index contributed by atoms with van der Waals surface area (Å²) in [6.45, 7) is 4.99. The molecule has 1 saturated heterocycles. The zero-order chi connectivity index (χ0) is 12.3. The zero-order valence-corrected chi connectivity index (χ0v) is 10.3. The molecule has 0 spiro atoms. The fourth-order valence-electron chi connectivity index (χ4n) is 2.09. The Morgan fingerprint density at radius 2 is 1.94 bits per heavy atom. The molecule has 92 valence electrons. The van der Waals surface area contributed by atoms with Crippen molar-refractivity contribution in [3.8, 4) is 5.75 Å². The minimum absolute atomic E-state index is 0.162. The molecule has 0 N–H and O–H groups in total. The highest BCUT2D eigenvalue weighted by Crippen LogP contribution is 2.21. The molecule has 1 aromatic carbocycles. The Bertz CT molecular complexity index is 398.